The van der Waals surface area contributed by atoms with Crippen LogP contribution in [0.5, 0.6) is 5.75 Å². The maximum absolute atomic E-state index is 12.5. The third kappa shape index (κ3) is 3.99. The second kappa shape index (κ2) is 7.88. The molecule has 0 saturated carbocycles. The number of rotatable bonds is 5. The van der Waals surface area contributed by atoms with Gasteiger partial charge in [-0.05, 0) is 38.5 Å². The van der Waals surface area contributed by atoms with Gasteiger partial charge in [-0.2, -0.15) is 0 Å². The lowest BCUT2D eigenvalue weighted by molar-refractivity contribution is -0.123. The Morgan fingerprint density at radius 1 is 1.28 bits per heavy atom. The smallest absolute Gasteiger partial charge is 0.265 e. The Bertz CT molecular complexity index is 1090. The standard InChI is InChI=1S/C19H19N5O3S2/c1-4-16-22-23-19(29-16)21-15(25)8-24-13-7-12(18-10(2)28-11(3)20-18)5-6-14(13)27-9-17(24)26/h5-7H,4,8-9H2,1-3H3,(H,21,23,25). The summed E-state index contributed by atoms with van der Waals surface area (Å²) >= 11 is 2.94. The molecule has 2 aromatic heterocycles. The predicted molar refractivity (Wildman–Crippen MR) is 113 cm³/mol. The van der Waals surface area contributed by atoms with Crippen molar-refractivity contribution >= 4 is 45.3 Å². The highest BCUT2D eigenvalue weighted by molar-refractivity contribution is 7.15. The lowest BCUT2D eigenvalue weighted by atomic mass is 10.1. The Labute approximate surface area is 175 Å². The van der Waals surface area contributed by atoms with E-state index in [1.165, 1.54) is 16.2 Å². The molecule has 0 radical (unpaired) electrons. The molecular formula is C19H19N5O3S2. The van der Waals surface area contributed by atoms with Gasteiger partial charge in [0, 0.05) is 10.4 Å². The molecule has 0 bridgehead atoms. The van der Waals surface area contributed by atoms with Gasteiger partial charge >= 0.3 is 0 Å². The number of carbonyl (C=O) groups is 2. The van der Waals surface area contributed by atoms with Crippen molar-refractivity contribution in [2.75, 3.05) is 23.4 Å². The number of carbonyl (C=O) groups excluding carboxylic acids is 2. The lowest BCUT2D eigenvalue weighted by Crippen LogP contribution is -2.43. The molecule has 0 aliphatic carbocycles. The van der Waals surface area contributed by atoms with E-state index in [2.05, 4.69) is 20.5 Å². The van der Waals surface area contributed by atoms with Crippen LogP contribution in [0.25, 0.3) is 11.3 Å². The summed E-state index contributed by atoms with van der Waals surface area (Å²) in [6.45, 7) is 5.71. The van der Waals surface area contributed by atoms with E-state index in [1.807, 2.05) is 39.0 Å². The quantitative estimate of drug-likeness (QED) is 0.669. The van der Waals surface area contributed by atoms with Gasteiger partial charge < -0.3 is 4.74 Å². The number of hydrogen-bond acceptors (Lipinski definition) is 8. The second-order valence-corrected chi connectivity index (χ2v) is 8.96. The molecule has 1 aliphatic heterocycles. The zero-order chi connectivity index (χ0) is 20.5. The minimum Gasteiger partial charge on any atom is -0.482 e. The summed E-state index contributed by atoms with van der Waals surface area (Å²) < 4.78 is 5.55. The van der Waals surface area contributed by atoms with Gasteiger partial charge in [-0.3, -0.25) is 19.8 Å². The van der Waals surface area contributed by atoms with Crippen molar-refractivity contribution in [3.63, 3.8) is 0 Å². The molecule has 1 aromatic carbocycles. The van der Waals surface area contributed by atoms with Crippen LogP contribution in [-0.4, -0.2) is 40.1 Å². The third-order valence-corrected chi connectivity index (χ3v) is 6.27. The topological polar surface area (TPSA) is 97.3 Å². The normalized spacial score (nSPS) is 13.2. The van der Waals surface area contributed by atoms with E-state index < -0.39 is 0 Å². The third-order valence-electron chi connectivity index (χ3n) is 4.40. The van der Waals surface area contributed by atoms with Crippen molar-refractivity contribution < 1.29 is 14.3 Å². The maximum Gasteiger partial charge on any atom is 0.265 e. The average molecular weight is 430 g/mol. The van der Waals surface area contributed by atoms with Gasteiger partial charge in [0.25, 0.3) is 5.91 Å². The zero-order valence-electron chi connectivity index (χ0n) is 16.2. The maximum atomic E-state index is 12.5. The molecule has 10 heteroatoms. The van der Waals surface area contributed by atoms with E-state index in [1.54, 1.807) is 11.3 Å². The number of amides is 2. The molecule has 4 rings (SSSR count). The summed E-state index contributed by atoms with van der Waals surface area (Å²) in [6, 6.07) is 5.58. The highest BCUT2D eigenvalue weighted by Gasteiger charge is 2.28. The van der Waals surface area contributed by atoms with Crippen LogP contribution in [0.15, 0.2) is 18.2 Å². The van der Waals surface area contributed by atoms with Gasteiger partial charge in [0.15, 0.2) is 6.61 Å². The zero-order valence-corrected chi connectivity index (χ0v) is 17.8. The van der Waals surface area contributed by atoms with Crippen molar-refractivity contribution in [2.45, 2.75) is 27.2 Å². The molecule has 0 unspecified atom stereocenters. The SMILES string of the molecule is CCc1nnc(NC(=O)CN2C(=O)COc3ccc(-c4nc(C)sc4C)cc32)s1. The fourth-order valence-electron chi connectivity index (χ4n) is 3.07. The number of fused-ring (bicyclic) bond motifs is 1. The highest BCUT2D eigenvalue weighted by atomic mass is 32.1. The van der Waals surface area contributed by atoms with Crippen LogP contribution in [0.4, 0.5) is 10.8 Å². The molecule has 3 aromatic rings. The Hall–Kier alpha value is -2.85. The monoisotopic (exact) mass is 429 g/mol. The van der Waals surface area contributed by atoms with Crippen LogP contribution >= 0.6 is 22.7 Å². The molecule has 0 fully saturated rings. The highest BCUT2D eigenvalue weighted by Crippen LogP contribution is 2.37. The van der Waals surface area contributed by atoms with E-state index in [-0.39, 0.29) is 25.0 Å². The van der Waals surface area contributed by atoms with Gasteiger partial charge in [0.1, 0.15) is 17.3 Å². The van der Waals surface area contributed by atoms with Crippen LogP contribution in [0, 0.1) is 13.8 Å². The van der Waals surface area contributed by atoms with Crippen LogP contribution in [0.2, 0.25) is 0 Å². The van der Waals surface area contributed by atoms with E-state index in [0.717, 1.165) is 32.6 Å². The molecule has 1 aliphatic rings. The number of nitrogens with zero attached hydrogens (tertiary/aromatic N) is 4. The largest absolute Gasteiger partial charge is 0.482 e. The van der Waals surface area contributed by atoms with E-state index in [4.69, 9.17) is 4.74 Å². The summed E-state index contributed by atoms with van der Waals surface area (Å²) in [7, 11) is 0. The minimum absolute atomic E-state index is 0.104. The van der Waals surface area contributed by atoms with Gasteiger partial charge in [-0.1, -0.05) is 18.3 Å². The second-order valence-electron chi connectivity index (χ2n) is 6.49. The van der Waals surface area contributed by atoms with E-state index >= 15 is 0 Å². The van der Waals surface area contributed by atoms with Crippen molar-refractivity contribution in [1.29, 1.82) is 0 Å². The van der Waals surface area contributed by atoms with Crippen molar-refractivity contribution in [3.05, 3.63) is 33.1 Å². The minimum atomic E-state index is -0.337. The Morgan fingerprint density at radius 3 is 2.79 bits per heavy atom. The lowest BCUT2D eigenvalue weighted by Gasteiger charge is -2.29. The number of ether oxygens (including phenoxy) is 1. The summed E-state index contributed by atoms with van der Waals surface area (Å²) in [6.07, 6.45) is 0.751. The molecule has 2 amide bonds. The van der Waals surface area contributed by atoms with E-state index in [9.17, 15) is 9.59 Å². The summed E-state index contributed by atoms with van der Waals surface area (Å²) in [5.41, 5.74) is 2.31. The molecular weight excluding hydrogens is 410 g/mol. The molecule has 150 valence electrons. The predicted octanol–water partition coefficient (Wildman–Crippen LogP) is 3.20. The molecule has 3 heterocycles. The Morgan fingerprint density at radius 2 is 2.10 bits per heavy atom. The first-order valence-corrected chi connectivity index (χ1v) is 10.7. The first-order valence-electron chi connectivity index (χ1n) is 9.08. The van der Waals surface area contributed by atoms with Crippen LogP contribution in [0.3, 0.4) is 0 Å². The fourth-order valence-corrected chi connectivity index (χ4v) is 4.60. The molecule has 0 saturated heterocycles. The Kier molecular flexibility index (Phi) is 5.29. The van der Waals surface area contributed by atoms with Gasteiger partial charge in [0.05, 0.1) is 16.4 Å². The van der Waals surface area contributed by atoms with Crippen molar-refractivity contribution in [3.8, 4) is 17.0 Å². The number of aryl methyl sites for hydroxylation is 3. The fraction of sp³-hybridized carbons (Fsp3) is 0.316. The van der Waals surface area contributed by atoms with Crippen LogP contribution in [-0.2, 0) is 16.0 Å². The molecule has 0 atom stereocenters. The number of aromatic nitrogens is 3. The summed E-state index contributed by atoms with van der Waals surface area (Å²) in [4.78, 5) is 32.1. The van der Waals surface area contributed by atoms with E-state index in [0.29, 0.717) is 16.6 Å². The molecule has 29 heavy (non-hydrogen) atoms. The van der Waals surface area contributed by atoms with Crippen molar-refractivity contribution in [1.82, 2.24) is 15.2 Å². The molecule has 8 nitrogen and oxygen atoms in total. The molecule has 0 spiro atoms. The number of benzene rings is 1. The molecule has 1 N–H and O–H groups in total. The van der Waals surface area contributed by atoms with Gasteiger partial charge in [-0.15, -0.1) is 21.5 Å². The summed E-state index contributed by atoms with van der Waals surface area (Å²) in [5, 5.41) is 12.9. The van der Waals surface area contributed by atoms with Crippen molar-refractivity contribution in [2.24, 2.45) is 0 Å². The van der Waals surface area contributed by atoms with Crippen LogP contribution in [0.1, 0.15) is 21.8 Å². The first-order chi connectivity index (χ1) is 13.9. The summed E-state index contributed by atoms with van der Waals surface area (Å²) in [5.74, 6) is -0.0477. The van der Waals surface area contributed by atoms with Crippen LogP contribution < -0.4 is 15.0 Å². The number of thiazole rings is 1. The Balaban J connectivity index is 1.59. The number of hydrogen-bond donors (Lipinski definition) is 1. The van der Waals surface area contributed by atoms with Gasteiger partial charge in [0.2, 0.25) is 11.0 Å². The van der Waals surface area contributed by atoms with Gasteiger partial charge in [-0.25, -0.2) is 4.98 Å². The first kappa shape index (κ1) is 19.5. The number of nitrogens with one attached hydrogen (secondary N) is 1. The average Bonchev–Trinajstić information content (AvgIpc) is 3.29. The number of anilines is 2.